The molecule has 5 nitrogen and oxygen atoms in total. The van der Waals surface area contributed by atoms with Crippen molar-refractivity contribution in [1.29, 1.82) is 0 Å². The fourth-order valence-electron chi connectivity index (χ4n) is 2.38. The number of halogens is 2. The molecule has 1 aliphatic heterocycles. The number of carbonyl (C=O) groups is 1. The molecule has 0 unspecified atom stereocenters. The van der Waals surface area contributed by atoms with Crippen LogP contribution in [0, 0.1) is 0 Å². The molecule has 0 atom stereocenters. The molecule has 0 aliphatic carbocycles. The van der Waals surface area contributed by atoms with Crippen LogP contribution in [-0.4, -0.2) is 37.2 Å². The van der Waals surface area contributed by atoms with Gasteiger partial charge in [0.15, 0.2) is 0 Å². The Kier molecular flexibility index (Phi) is 5.00. The molecule has 2 heterocycles. The zero-order valence-corrected chi connectivity index (χ0v) is 13.8. The highest BCUT2D eigenvalue weighted by molar-refractivity contribution is 6.35. The second-order valence-electron chi connectivity index (χ2n) is 5.11. The van der Waals surface area contributed by atoms with Gasteiger partial charge in [0, 0.05) is 40.7 Å². The summed E-state index contributed by atoms with van der Waals surface area (Å²) in [5.41, 5.74) is 1.83. The summed E-state index contributed by atoms with van der Waals surface area (Å²) in [6.07, 6.45) is 1.63. The Morgan fingerprint density at radius 2 is 1.83 bits per heavy atom. The van der Waals surface area contributed by atoms with Crippen molar-refractivity contribution in [1.82, 2.24) is 4.98 Å². The van der Waals surface area contributed by atoms with Crippen LogP contribution in [0.1, 0.15) is 10.5 Å². The summed E-state index contributed by atoms with van der Waals surface area (Å²) < 4.78 is 5.34. The first-order valence-corrected chi connectivity index (χ1v) is 7.93. The maximum atomic E-state index is 12.4. The average molecular weight is 352 g/mol. The van der Waals surface area contributed by atoms with E-state index in [-0.39, 0.29) is 5.91 Å². The van der Waals surface area contributed by atoms with E-state index in [0.717, 1.165) is 18.8 Å². The van der Waals surface area contributed by atoms with Crippen molar-refractivity contribution in [2.24, 2.45) is 0 Å². The fourth-order valence-corrected chi connectivity index (χ4v) is 2.91. The van der Waals surface area contributed by atoms with Crippen LogP contribution in [0.3, 0.4) is 0 Å². The van der Waals surface area contributed by atoms with Gasteiger partial charge >= 0.3 is 0 Å². The molecule has 0 bridgehead atoms. The van der Waals surface area contributed by atoms with Gasteiger partial charge in [-0.2, -0.15) is 0 Å². The number of amides is 1. The van der Waals surface area contributed by atoms with Crippen LogP contribution in [0.5, 0.6) is 0 Å². The topological polar surface area (TPSA) is 54.5 Å². The molecule has 2 aromatic rings. The van der Waals surface area contributed by atoms with Crippen LogP contribution in [0.4, 0.5) is 11.4 Å². The van der Waals surface area contributed by atoms with Crippen LogP contribution in [0.15, 0.2) is 36.5 Å². The van der Waals surface area contributed by atoms with Crippen LogP contribution in [-0.2, 0) is 4.74 Å². The van der Waals surface area contributed by atoms with Gasteiger partial charge < -0.3 is 15.0 Å². The number of benzene rings is 1. The lowest BCUT2D eigenvalue weighted by atomic mass is 10.2. The highest BCUT2D eigenvalue weighted by atomic mass is 35.5. The smallest absolute Gasteiger partial charge is 0.274 e. The Bertz CT molecular complexity index is 698. The third-order valence-electron chi connectivity index (χ3n) is 3.47. The molecule has 1 saturated heterocycles. The lowest BCUT2D eigenvalue weighted by molar-refractivity contribution is 0.102. The standard InChI is InChI=1S/C16H15Cl2N3O2/c17-11-7-12(18)9-13(8-11)20-16(22)15-10-14(1-2-19-15)21-3-5-23-6-4-21/h1-2,7-10H,3-6H2,(H,20,22). The molecule has 23 heavy (non-hydrogen) atoms. The van der Waals surface area contributed by atoms with Crippen molar-refractivity contribution in [3.8, 4) is 0 Å². The molecule has 7 heteroatoms. The minimum atomic E-state index is -0.307. The number of ether oxygens (including phenoxy) is 1. The van der Waals surface area contributed by atoms with Crippen molar-refractivity contribution in [3.63, 3.8) is 0 Å². The number of pyridine rings is 1. The number of aromatic nitrogens is 1. The largest absolute Gasteiger partial charge is 0.378 e. The zero-order chi connectivity index (χ0) is 16.2. The predicted octanol–water partition coefficient (Wildman–Crippen LogP) is 3.48. The third-order valence-corrected chi connectivity index (χ3v) is 3.91. The maximum Gasteiger partial charge on any atom is 0.274 e. The first kappa shape index (κ1) is 16.1. The Morgan fingerprint density at radius 1 is 1.13 bits per heavy atom. The van der Waals surface area contributed by atoms with E-state index in [1.807, 2.05) is 6.07 Å². The van der Waals surface area contributed by atoms with Gasteiger partial charge in [0.25, 0.3) is 5.91 Å². The summed E-state index contributed by atoms with van der Waals surface area (Å²) in [7, 11) is 0. The Morgan fingerprint density at radius 3 is 2.52 bits per heavy atom. The maximum absolute atomic E-state index is 12.4. The van der Waals surface area contributed by atoms with Gasteiger partial charge in [-0.25, -0.2) is 0 Å². The third kappa shape index (κ3) is 4.13. The van der Waals surface area contributed by atoms with Crippen LogP contribution >= 0.6 is 23.2 Å². The van der Waals surface area contributed by atoms with Gasteiger partial charge in [-0.3, -0.25) is 9.78 Å². The predicted molar refractivity (Wildman–Crippen MR) is 91.7 cm³/mol. The van der Waals surface area contributed by atoms with Gasteiger partial charge in [-0.15, -0.1) is 0 Å². The minimum Gasteiger partial charge on any atom is -0.378 e. The van der Waals surface area contributed by atoms with E-state index in [1.165, 1.54) is 0 Å². The lowest BCUT2D eigenvalue weighted by Gasteiger charge is -2.28. The molecule has 1 N–H and O–H groups in total. The summed E-state index contributed by atoms with van der Waals surface area (Å²) in [4.78, 5) is 18.7. The fraction of sp³-hybridized carbons (Fsp3) is 0.250. The van der Waals surface area contributed by atoms with E-state index in [4.69, 9.17) is 27.9 Å². The van der Waals surface area contributed by atoms with E-state index in [2.05, 4.69) is 15.2 Å². The molecule has 0 saturated carbocycles. The monoisotopic (exact) mass is 351 g/mol. The number of nitrogens with zero attached hydrogens (tertiary/aromatic N) is 2. The molecule has 3 rings (SSSR count). The number of hydrogen-bond acceptors (Lipinski definition) is 4. The summed E-state index contributed by atoms with van der Waals surface area (Å²) in [5.74, 6) is -0.307. The number of carbonyl (C=O) groups excluding carboxylic acids is 1. The second kappa shape index (κ2) is 7.17. The molecule has 0 spiro atoms. The molecule has 1 amide bonds. The lowest BCUT2D eigenvalue weighted by Crippen LogP contribution is -2.36. The van der Waals surface area contributed by atoms with Gasteiger partial charge in [0.1, 0.15) is 5.69 Å². The zero-order valence-electron chi connectivity index (χ0n) is 12.3. The van der Waals surface area contributed by atoms with Crippen LogP contribution < -0.4 is 10.2 Å². The van der Waals surface area contributed by atoms with Crippen molar-refractivity contribution >= 4 is 40.5 Å². The Balaban J connectivity index is 1.76. The number of morpholine rings is 1. The number of rotatable bonds is 3. The van der Waals surface area contributed by atoms with E-state index in [1.54, 1.807) is 30.5 Å². The minimum absolute atomic E-state index is 0.307. The number of hydrogen-bond donors (Lipinski definition) is 1. The van der Waals surface area contributed by atoms with Crippen LogP contribution in [0.2, 0.25) is 10.0 Å². The van der Waals surface area contributed by atoms with Gasteiger partial charge in [0.2, 0.25) is 0 Å². The molecule has 1 aliphatic rings. The van der Waals surface area contributed by atoms with E-state index in [9.17, 15) is 4.79 Å². The van der Waals surface area contributed by atoms with Crippen molar-refractivity contribution in [3.05, 3.63) is 52.3 Å². The second-order valence-corrected chi connectivity index (χ2v) is 5.98. The average Bonchev–Trinajstić information content (AvgIpc) is 2.55. The summed E-state index contributed by atoms with van der Waals surface area (Å²) >= 11 is 11.9. The molecule has 0 radical (unpaired) electrons. The Hall–Kier alpha value is -1.82. The normalized spacial score (nSPS) is 14.6. The molecular formula is C16H15Cl2N3O2. The first-order valence-electron chi connectivity index (χ1n) is 7.18. The van der Waals surface area contributed by atoms with Crippen molar-refractivity contribution in [2.45, 2.75) is 0 Å². The quantitative estimate of drug-likeness (QED) is 0.919. The van der Waals surface area contributed by atoms with Crippen LogP contribution in [0.25, 0.3) is 0 Å². The highest BCUT2D eigenvalue weighted by Gasteiger charge is 2.14. The Labute approximate surface area is 144 Å². The molecule has 1 aromatic carbocycles. The summed E-state index contributed by atoms with van der Waals surface area (Å²) in [5, 5.41) is 3.68. The van der Waals surface area contributed by atoms with Gasteiger partial charge in [-0.05, 0) is 30.3 Å². The first-order chi connectivity index (χ1) is 11.1. The summed E-state index contributed by atoms with van der Waals surface area (Å²) in [6.45, 7) is 2.97. The number of anilines is 2. The van der Waals surface area contributed by atoms with Crippen molar-refractivity contribution < 1.29 is 9.53 Å². The van der Waals surface area contributed by atoms with Crippen molar-refractivity contribution in [2.75, 3.05) is 36.5 Å². The van der Waals surface area contributed by atoms with Gasteiger partial charge in [-0.1, -0.05) is 23.2 Å². The highest BCUT2D eigenvalue weighted by Crippen LogP contribution is 2.23. The number of nitrogens with one attached hydrogen (secondary N) is 1. The summed E-state index contributed by atoms with van der Waals surface area (Å²) in [6, 6.07) is 8.54. The molecule has 1 fully saturated rings. The van der Waals surface area contributed by atoms with E-state index < -0.39 is 0 Å². The molecule has 120 valence electrons. The van der Waals surface area contributed by atoms with Gasteiger partial charge in [0.05, 0.1) is 13.2 Å². The molecule has 1 aromatic heterocycles. The van der Waals surface area contributed by atoms with E-state index >= 15 is 0 Å². The molecular weight excluding hydrogens is 337 g/mol. The van der Waals surface area contributed by atoms with E-state index in [0.29, 0.717) is 34.6 Å². The SMILES string of the molecule is O=C(Nc1cc(Cl)cc(Cl)c1)c1cc(N2CCOCC2)ccn1.